The standard InChI is InChI=1S/C11H20/c1-2-3-4-5-6-7-8-11-9-10-11/h5-6,11H,2-4,7-10H2,1H3/b6-5+. The lowest BCUT2D eigenvalue weighted by Gasteiger charge is -1.90. The van der Waals surface area contributed by atoms with Crippen LogP contribution in [0.2, 0.25) is 0 Å². The summed E-state index contributed by atoms with van der Waals surface area (Å²) in [4.78, 5) is 0. The maximum absolute atomic E-state index is 2.37. The number of hydrogen-bond acceptors (Lipinski definition) is 0. The van der Waals surface area contributed by atoms with Gasteiger partial charge in [0.1, 0.15) is 0 Å². The summed E-state index contributed by atoms with van der Waals surface area (Å²) in [6, 6.07) is 0. The predicted octanol–water partition coefficient (Wildman–Crippen LogP) is 3.92. The first kappa shape index (κ1) is 8.83. The Kier molecular flexibility index (Phi) is 4.33. The highest BCUT2D eigenvalue weighted by Crippen LogP contribution is 2.33. The lowest BCUT2D eigenvalue weighted by molar-refractivity contribution is 0.737. The van der Waals surface area contributed by atoms with Crippen LogP contribution in [-0.4, -0.2) is 0 Å². The fourth-order valence-corrected chi connectivity index (χ4v) is 1.30. The Labute approximate surface area is 70.7 Å². The normalized spacial score (nSPS) is 17.9. The smallest absolute Gasteiger partial charge is 0.0348 e. The third-order valence-electron chi connectivity index (χ3n) is 2.33. The molecule has 0 aromatic heterocycles. The molecule has 0 unspecified atom stereocenters. The molecule has 0 aliphatic heterocycles. The molecule has 0 heteroatoms. The fraction of sp³-hybridized carbons (Fsp3) is 0.818. The van der Waals surface area contributed by atoms with E-state index in [0.29, 0.717) is 0 Å². The van der Waals surface area contributed by atoms with Gasteiger partial charge in [0.25, 0.3) is 0 Å². The average molecular weight is 152 g/mol. The zero-order valence-electron chi connectivity index (χ0n) is 7.68. The van der Waals surface area contributed by atoms with Gasteiger partial charge >= 0.3 is 0 Å². The minimum absolute atomic E-state index is 1.10. The van der Waals surface area contributed by atoms with Crippen molar-refractivity contribution in [3.63, 3.8) is 0 Å². The predicted molar refractivity (Wildman–Crippen MR) is 50.6 cm³/mol. The van der Waals surface area contributed by atoms with Crippen LogP contribution in [0, 0.1) is 5.92 Å². The highest BCUT2D eigenvalue weighted by molar-refractivity contribution is 4.84. The molecule has 1 aliphatic rings. The van der Waals surface area contributed by atoms with Crippen LogP contribution in [0.25, 0.3) is 0 Å². The van der Waals surface area contributed by atoms with Crippen LogP contribution >= 0.6 is 0 Å². The molecule has 0 bridgehead atoms. The Morgan fingerprint density at radius 1 is 1.18 bits per heavy atom. The third-order valence-corrected chi connectivity index (χ3v) is 2.33. The van der Waals surface area contributed by atoms with Gasteiger partial charge in [0, 0.05) is 0 Å². The van der Waals surface area contributed by atoms with Crippen molar-refractivity contribution in [2.45, 2.75) is 51.9 Å². The van der Waals surface area contributed by atoms with Gasteiger partial charge in [-0.3, -0.25) is 0 Å². The molecule has 0 nitrogen and oxygen atoms in total. The fourth-order valence-electron chi connectivity index (χ4n) is 1.30. The van der Waals surface area contributed by atoms with Crippen molar-refractivity contribution in [3.05, 3.63) is 12.2 Å². The van der Waals surface area contributed by atoms with E-state index in [-0.39, 0.29) is 0 Å². The van der Waals surface area contributed by atoms with E-state index in [4.69, 9.17) is 0 Å². The van der Waals surface area contributed by atoms with Gasteiger partial charge < -0.3 is 0 Å². The maximum atomic E-state index is 2.37. The quantitative estimate of drug-likeness (QED) is 0.399. The minimum Gasteiger partial charge on any atom is -0.0885 e. The zero-order chi connectivity index (χ0) is 7.94. The van der Waals surface area contributed by atoms with Crippen molar-refractivity contribution >= 4 is 0 Å². The van der Waals surface area contributed by atoms with Gasteiger partial charge in [-0.25, -0.2) is 0 Å². The number of hydrogen-bond donors (Lipinski definition) is 0. The summed E-state index contributed by atoms with van der Waals surface area (Å²) in [6.45, 7) is 2.25. The molecule has 0 heterocycles. The Morgan fingerprint density at radius 2 is 1.91 bits per heavy atom. The molecule has 0 atom stereocenters. The molecular formula is C11H20. The summed E-state index contributed by atoms with van der Waals surface area (Å²) in [5.74, 6) is 1.10. The first-order valence-electron chi connectivity index (χ1n) is 5.08. The number of unbranched alkanes of at least 4 members (excludes halogenated alkanes) is 2. The average Bonchev–Trinajstić information content (AvgIpc) is 2.80. The monoisotopic (exact) mass is 152 g/mol. The topological polar surface area (TPSA) is 0 Å². The maximum Gasteiger partial charge on any atom is -0.0348 e. The largest absolute Gasteiger partial charge is 0.0885 e. The van der Waals surface area contributed by atoms with E-state index in [1.54, 1.807) is 0 Å². The van der Waals surface area contributed by atoms with Gasteiger partial charge in [-0.15, -0.1) is 0 Å². The van der Waals surface area contributed by atoms with Crippen molar-refractivity contribution in [3.8, 4) is 0 Å². The van der Waals surface area contributed by atoms with Crippen LogP contribution in [0.1, 0.15) is 51.9 Å². The highest BCUT2D eigenvalue weighted by Gasteiger charge is 2.19. The summed E-state index contributed by atoms with van der Waals surface area (Å²) in [7, 11) is 0. The van der Waals surface area contributed by atoms with Gasteiger partial charge in [0.05, 0.1) is 0 Å². The minimum atomic E-state index is 1.10. The van der Waals surface area contributed by atoms with Crippen molar-refractivity contribution in [2.75, 3.05) is 0 Å². The van der Waals surface area contributed by atoms with E-state index in [9.17, 15) is 0 Å². The molecule has 0 amide bonds. The molecular weight excluding hydrogens is 132 g/mol. The number of allylic oxidation sites excluding steroid dienone is 2. The van der Waals surface area contributed by atoms with E-state index < -0.39 is 0 Å². The SMILES string of the molecule is CCCC/C=C/CCC1CC1. The van der Waals surface area contributed by atoms with Gasteiger partial charge in [-0.05, 0) is 25.2 Å². The third kappa shape index (κ3) is 5.06. The van der Waals surface area contributed by atoms with Crippen LogP contribution in [-0.2, 0) is 0 Å². The Balaban J connectivity index is 1.80. The molecule has 1 rings (SSSR count). The lowest BCUT2D eigenvalue weighted by atomic mass is 10.2. The van der Waals surface area contributed by atoms with Crippen molar-refractivity contribution in [1.29, 1.82) is 0 Å². The molecule has 0 N–H and O–H groups in total. The van der Waals surface area contributed by atoms with Crippen LogP contribution in [0.15, 0.2) is 12.2 Å². The molecule has 0 radical (unpaired) electrons. The molecule has 1 fully saturated rings. The van der Waals surface area contributed by atoms with Crippen LogP contribution in [0.3, 0.4) is 0 Å². The van der Waals surface area contributed by atoms with E-state index in [1.165, 1.54) is 44.9 Å². The molecule has 0 saturated heterocycles. The zero-order valence-corrected chi connectivity index (χ0v) is 7.68. The van der Waals surface area contributed by atoms with E-state index in [1.807, 2.05) is 0 Å². The van der Waals surface area contributed by atoms with Crippen LogP contribution in [0.4, 0.5) is 0 Å². The van der Waals surface area contributed by atoms with Gasteiger partial charge in [-0.1, -0.05) is 44.8 Å². The molecule has 1 aliphatic carbocycles. The number of rotatable bonds is 6. The summed E-state index contributed by atoms with van der Waals surface area (Å²) in [5, 5.41) is 0. The molecule has 11 heavy (non-hydrogen) atoms. The summed E-state index contributed by atoms with van der Waals surface area (Å²) in [6.07, 6.45) is 14.5. The Bertz CT molecular complexity index is 109. The Morgan fingerprint density at radius 3 is 2.55 bits per heavy atom. The van der Waals surface area contributed by atoms with Crippen molar-refractivity contribution in [1.82, 2.24) is 0 Å². The molecule has 0 aromatic rings. The summed E-state index contributed by atoms with van der Waals surface area (Å²) in [5.41, 5.74) is 0. The summed E-state index contributed by atoms with van der Waals surface area (Å²) >= 11 is 0. The second-order valence-electron chi connectivity index (χ2n) is 3.63. The first-order valence-corrected chi connectivity index (χ1v) is 5.08. The highest BCUT2D eigenvalue weighted by atomic mass is 14.2. The molecule has 1 saturated carbocycles. The first-order chi connectivity index (χ1) is 5.43. The van der Waals surface area contributed by atoms with Gasteiger partial charge in [0.2, 0.25) is 0 Å². The molecule has 64 valence electrons. The Hall–Kier alpha value is -0.260. The van der Waals surface area contributed by atoms with Crippen LogP contribution < -0.4 is 0 Å². The second kappa shape index (κ2) is 5.40. The van der Waals surface area contributed by atoms with E-state index in [0.717, 1.165) is 5.92 Å². The second-order valence-corrected chi connectivity index (χ2v) is 3.63. The molecule has 0 spiro atoms. The molecule has 0 aromatic carbocycles. The van der Waals surface area contributed by atoms with E-state index in [2.05, 4.69) is 19.1 Å². The van der Waals surface area contributed by atoms with E-state index >= 15 is 0 Å². The van der Waals surface area contributed by atoms with Crippen LogP contribution in [0.5, 0.6) is 0 Å². The van der Waals surface area contributed by atoms with Crippen molar-refractivity contribution < 1.29 is 0 Å². The van der Waals surface area contributed by atoms with Gasteiger partial charge in [-0.2, -0.15) is 0 Å². The summed E-state index contributed by atoms with van der Waals surface area (Å²) < 4.78 is 0. The van der Waals surface area contributed by atoms with Crippen molar-refractivity contribution in [2.24, 2.45) is 5.92 Å². The lowest BCUT2D eigenvalue weighted by Crippen LogP contribution is -1.73. The van der Waals surface area contributed by atoms with Gasteiger partial charge in [0.15, 0.2) is 0 Å².